The Bertz CT molecular complexity index is 384. The summed E-state index contributed by atoms with van der Waals surface area (Å²) in [5, 5.41) is 12.2. The van der Waals surface area contributed by atoms with Crippen molar-refractivity contribution < 1.29 is 0 Å². The van der Waals surface area contributed by atoms with E-state index in [9.17, 15) is 0 Å². The van der Waals surface area contributed by atoms with Crippen LogP contribution in [0.2, 0.25) is 0 Å². The van der Waals surface area contributed by atoms with Crippen molar-refractivity contribution in [3.63, 3.8) is 0 Å². The van der Waals surface area contributed by atoms with Crippen LogP contribution in [0, 0.1) is 16.7 Å². The predicted octanol–water partition coefficient (Wildman–Crippen LogP) is 4.16. The van der Waals surface area contributed by atoms with E-state index in [1.54, 1.807) is 0 Å². The summed E-state index contributed by atoms with van der Waals surface area (Å²) in [6.07, 6.45) is 1.16. The molecule has 0 amide bonds. The van der Waals surface area contributed by atoms with Gasteiger partial charge in [0.15, 0.2) is 0 Å². The largest absolute Gasteiger partial charge is 0.383 e. The quantitative estimate of drug-likeness (QED) is 0.824. The molecule has 92 valence electrons. The molecule has 1 N–H and O–H groups in total. The Morgan fingerprint density at radius 3 is 2.35 bits per heavy atom. The smallest absolute Gasteiger partial charge is 0.0702 e. The molecule has 0 spiro atoms. The molecule has 1 rings (SSSR count). The molecule has 0 aliphatic heterocycles. The third-order valence-corrected chi connectivity index (χ3v) is 3.13. The molecule has 2 heteroatoms. The van der Waals surface area contributed by atoms with E-state index in [1.165, 1.54) is 5.56 Å². The molecule has 1 atom stereocenters. The SMILES string of the molecule is CCC(C)c1ccc(NCC(C)(C)C#N)cc1. The van der Waals surface area contributed by atoms with E-state index in [1.807, 2.05) is 13.8 Å². The highest BCUT2D eigenvalue weighted by Crippen LogP contribution is 2.21. The minimum atomic E-state index is -0.324. The van der Waals surface area contributed by atoms with Gasteiger partial charge in [-0.2, -0.15) is 5.26 Å². The van der Waals surface area contributed by atoms with Gasteiger partial charge < -0.3 is 5.32 Å². The van der Waals surface area contributed by atoms with E-state index in [4.69, 9.17) is 5.26 Å². The summed E-state index contributed by atoms with van der Waals surface area (Å²) in [5.41, 5.74) is 2.13. The first-order valence-electron chi connectivity index (χ1n) is 6.23. The van der Waals surface area contributed by atoms with Crippen LogP contribution >= 0.6 is 0 Å². The van der Waals surface area contributed by atoms with E-state index < -0.39 is 0 Å². The molecule has 2 nitrogen and oxygen atoms in total. The Morgan fingerprint density at radius 1 is 1.29 bits per heavy atom. The fraction of sp³-hybridized carbons (Fsp3) is 0.533. The lowest BCUT2D eigenvalue weighted by Gasteiger charge is -2.17. The standard InChI is InChI=1S/C15H22N2/c1-5-12(2)13-6-8-14(9-7-13)17-11-15(3,4)10-16/h6-9,12,17H,5,11H2,1-4H3. The zero-order valence-corrected chi connectivity index (χ0v) is 11.2. The fourth-order valence-corrected chi connectivity index (χ4v) is 1.53. The van der Waals surface area contributed by atoms with Crippen molar-refractivity contribution in [3.8, 4) is 6.07 Å². The van der Waals surface area contributed by atoms with Gasteiger partial charge in [0.25, 0.3) is 0 Å². The van der Waals surface area contributed by atoms with Crippen LogP contribution in [0.3, 0.4) is 0 Å². The van der Waals surface area contributed by atoms with Gasteiger partial charge in [-0.3, -0.25) is 0 Å². The molecule has 0 saturated heterocycles. The lowest BCUT2D eigenvalue weighted by atomic mass is 9.95. The van der Waals surface area contributed by atoms with Crippen molar-refractivity contribution in [2.45, 2.75) is 40.0 Å². The van der Waals surface area contributed by atoms with Crippen molar-refractivity contribution in [3.05, 3.63) is 29.8 Å². The number of benzene rings is 1. The first-order chi connectivity index (χ1) is 7.98. The molecular formula is C15H22N2. The van der Waals surface area contributed by atoms with Gasteiger partial charge in [0.2, 0.25) is 0 Å². The molecule has 17 heavy (non-hydrogen) atoms. The summed E-state index contributed by atoms with van der Waals surface area (Å²) in [5.74, 6) is 0.611. The van der Waals surface area contributed by atoms with Gasteiger partial charge >= 0.3 is 0 Å². The van der Waals surface area contributed by atoms with Crippen LogP contribution < -0.4 is 5.32 Å². The van der Waals surface area contributed by atoms with Crippen LogP contribution in [0.15, 0.2) is 24.3 Å². The topological polar surface area (TPSA) is 35.8 Å². The number of hydrogen-bond donors (Lipinski definition) is 1. The van der Waals surface area contributed by atoms with Gasteiger partial charge in [-0.15, -0.1) is 0 Å². The summed E-state index contributed by atoms with van der Waals surface area (Å²) in [7, 11) is 0. The minimum Gasteiger partial charge on any atom is -0.383 e. The van der Waals surface area contributed by atoms with Crippen LogP contribution in [0.1, 0.15) is 45.6 Å². The van der Waals surface area contributed by atoms with Crippen LogP contribution in [-0.2, 0) is 0 Å². The average Bonchev–Trinajstić information content (AvgIpc) is 2.36. The monoisotopic (exact) mass is 230 g/mol. The minimum absolute atomic E-state index is 0.324. The van der Waals surface area contributed by atoms with E-state index >= 15 is 0 Å². The highest BCUT2D eigenvalue weighted by atomic mass is 14.9. The molecule has 1 aromatic rings. The van der Waals surface area contributed by atoms with Crippen molar-refractivity contribution in [2.24, 2.45) is 5.41 Å². The highest BCUT2D eigenvalue weighted by molar-refractivity contribution is 5.45. The first kappa shape index (κ1) is 13.6. The van der Waals surface area contributed by atoms with Crippen LogP contribution in [0.25, 0.3) is 0 Å². The van der Waals surface area contributed by atoms with Gasteiger partial charge in [0, 0.05) is 12.2 Å². The second-order valence-electron chi connectivity index (χ2n) is 5.28. The van der Waals surface area contributed by atoms with Crippen LogP contribution in [0.4, 0.5) is 5.69 Å². The number of rotatable bonds is 5. The summed E-state index contributed by atoms with van der Waals surface area (Å²) in [6, 6.07) is 10.8. The Balaban J connectivity index is 2.61. The van der Waals surface area contributed by atoms with E-state index in [-0.39, 0.29) is 5.41 Å². The molecule has 0 radical (unpaired) electrons. The third kappa shape index (κ3) is 4.11. The summed E-state index contributed by atoms with van der Waals surface area (Å²) >= 11 is 0. The van der Waals surface area contributed by atoms with Crippen molar-refractivity contribution in [2.75, 3.05) is 11.9 Å². The summed E-state index contributed by atoms with van der Waals surface area (Å²) in [6.45, 7) is 8.99. The van der Waals surface area contributed by atoms with Gasteiger partial charge in [-0.1, -0.05) is 26.0 Å². The van der Waals surface area contributed by atoms with Gasteiger partial charge in [0.1, 0.15) is 0 Å². The number of nitrogens with one attached hydrogen (secondary N) is 1. The number of nitriles is 1. The molecule has 0 saturated carbocycles. The zero-order chi connectivity index (χ0) is 12.9. The van der Waals surface area contributed by atoms with Gasteiger partial charge in [-0.05, 0) is 43.9 Å². The zero-order valence-electron chi connectivity index (χ0n) is 11.2. The number of nitrogens with zero attached hydrogens (tertiary/aromatic N) is 1. The lowest BCUT2D eigenvalue weighted by Crippen LogP contribution is -2.20. The molecule has 0 aliphatic rings. The Kier molecular flexibility index (Phi) is 4.57. The maximum absolute atomic E-state index is 8.93. The van der Waals surface area contributed by atoms with E-state index in [0.717, 1.165) is 12.1 Å². The highest BCUT2D eigenvalue weighted by Gasteiger charge is 2.15. The maximum Gasteiger partial charge on any atom is 0.0702 e. The molecule has 0 bridgehead atoms. The van der Waals surface area contributed by atoms with Crippen molar-refractivity contribution in [1.29, 1.82) is 5.26 Å². The second kappa shape index (κ2) is 5.72. The Hall–Kier alpha value is -1.49. The summed E-state index contributed by atoms with van der Waals surface area (Å²) in [4.78, 5) is 0. The van der Waals surface area contributed by atoms with Crippen molar-refractivity contribution in [1.82, 2.24) is 0 Å². The average molecular weight is 230 g/mol. The number of hydrogen-bond acceptors (Lipinski definition) is 2. The molecule has 1 aromatic carbocycles. The normalized spacial score (nSPS) is 12.9. The van der Waals surface area contributed by atoms with E-state index in [2.05, 4.69) is 49.5 Å². The molecular weight excluding hydrogens is 208 g/mol. The number of anilines is 1. The van der Waals surface area contributed by atoms with Crippen molar-refractivity contribution >= 4 is 5.69 Å². The summed E-state index contributed by atoms with van der Waals surface area (Å²) < 4.78 is 0. The maximum atomic E-state index is 8.93. The second-order valence-corrected chi connectivity index (χ2v) is 5.28. The Labute approximate surface area is 105 Å². The van der Waals surface area contributed by atoms with E-state index in [0.29, 0.717) is 12.5 Å². The molecule has 0 fully saturated rings. The molecule has 1 unspecified atom stereocenters. The first-order valence-corrected chi connectivity index (χ1v) is 6.23. The van der Waals surface area contributed by atoms with Crippen LogP contribution in [0.5, 0.6) is 0 Å². The van der Waals surface area contributed by atoms with Crippen LogP contribution in [-0.4, -0.2) is 6.54 Å². The van der Waals surface area contributed by atoms with Gasteiger partial charge in [-0.25, -0.2) is 0 Å². The third-order valence-electron chi connectivity index (χ3n) is 3.13. The fourth-order valence-electron chi connectivity index (χ4n) is 1.53. The Morgan fingerprint density at radius 2 is 1.88 bits per heavy atom. The molecule has 0 aliphatic carbocycles. The van der Waals surface area contributed by atoms with Gasteiger partial charge in [0.05, 0.1) is 11.5 Å². The molecule has 0 heterocycles. The molecule has 0 aromatic heterocycles. The lowest BCUT2D eigenvalue weighted by molar-refractivity contribution is 0.529. The predicted molar refractivity (Wildman–Crippen MR) is 73.0 cm³/mol.